The minimum Gasteiger partial charge on any atom is -0.457 e. The molecule has 1 aliphatic rings. The van der Waals surface area contributed by atoms with Crippen molar-refractivity contribution in [3.05, 3.63) is 86.6 Å². The number of para-hydroxylation sites is 1. The average molecular weight is 456 g/mol. The van der Waals surface area contributed by atoms with E-state index in [0.717, 1.165) is 16.8 Å². The smallest absolute Gasteiger partial charge is 0.266 e. The molecule has 3 aromatic rings. The lowest BCUT2D eigenvalue weighted by Crippen LogP contribution is -2.46. The van der Waals surface area contributed by atoms with Gasteiger partial charge in [-0.2, -0.15) is 5.26 Å². The molecule has 4 rings (SSSR count). The van der Waals surface area contributed by atoms with Gasteiger partial charge in [0.05, 0.1) is 15.1 Å². The Morgan fingerprint density at radius 1 is 1.13 bits per heavy atom. The van der Waals surface area contributed by atoms with Gasteiger partial charge in [-0.1, -0.05) is 41.4 Å². The fraction of sp³-hybridized carbons (Fsp3) is 0.0909. The van der Waals surface area contributed by atoms with Crippen molar-refractivity contribution in [3.8, 4) is 17.4 Å². The minimum atomic E-state index is -0.681. The maximum Gasteiger partial charge on any atom is 0.266 e. The lowest BCUT2D eigenvalue weighted by molar-refractivity contribution is -0.118. The third kappa shape index (κ3) is 3.56. The number of thiol groups is 1. The van der Waals surface area contributed by atoms with Crippen LogP contribution in [0.3, 0.4) is 0 Å². The molecule has 0 saturated carbocycles. The van der Waals surface area contributed by atoms with E-state index in [4.69, 9.17) is 27.6 Å². The minimum absolute atomic E-state index is 0.0610. The van der Waals surface area contributed by atoms with Crippen LogP contribution in [0.2, 0.25) is 10.0 Å². The van der Waals surface area contributed by atoms with Crippen LogP contribution in [0.1, 0.15) is 17.5 Å². The maximum absolute atomic E-state index is 12.5. The second-order valence-electron chi connectivity index (χ2n) is 6.67. The van der Waals surface area contributed by atoms with E-state index >= 15 is 0 Å². The Morgan fingerprint density at radius 2 is 1.90 bits per heavy atom. The number of halogens is 2. The SMILES string of the molecule is Cc1ccccc1N1C(S)=C(C#N)C(=O)NC1c1ccc(-c2ccc(Cl)c(Cl)c2)o1. The molecule has 1 amide bonds. The molecular weight excluding hydrogens is 441 g/mol. The summed E-state index contributed by atoms with van der Waals surface area (Å²) < 4.78 is 6.06. The molecule has 1 atom stereocenters. The molecule has 0 spiro atoms. The lowest BCUT2D eigenvalue weighted by atomic mass is 10.1. The van der Waals surface area contributed by atoms with Gasteiger partial charge in [0.15, 0.2) is 6.17 Å². The summed E-state index contributed by atoms with van der Waals surface area (Å²) in [6.07, 6.45) is -0.681. The second-order valence-corrected chi connectivity index (χ2v) is 7.91. The van der Waals surface area contributed by atoms with Gasteiger partial charge in [-0.15, -0.1) is 12.6 Å². The first-order chi connectivity index (χ1) is 14.4. The first-order valence-electron chi connectivity index (χ1n) is 8.95. The third-order valence-corrected chi connectivity index (χ3v) is 5.97. The molecule has 1 unspecified atom stereocenters. The topological polar surface area (TPSA) is 69.3 Å². The Labute approximate surface area is 188 Å². The monoisotopic (exact) mass is 455 g/mol. The quantitative estimate of drug-likeness (QED) is 0.485. The zero-order valence-corrected chi connectivity index (χ0v) is 18.1. The summed E-state index contributed by atoms with van der Waals surface area (Å²) in [6.45, 7) is 1.94. The van der Waals surface area contributed by atoms with Crippen LogP contribution < -0.4 is 10.2 Å². The van der Waals surface area contributed by atoms with E-state index in [2.05, 4.69) is 17.9 Å². The molecule has 2 heterocycles. The number of amides is 1. The van der Waals surface area contributed by atoms with Gasteiger partial charge in [0.1, 0.15) is 23.2 Å². The number of nitriles is 1. The van der Waals surface area contributed by atoms with Crippen LogP contribution in [0, 0.1) is 18.3 Å². The van der Waals surface area contributed by atoms with Gasteiger partial charge in [0.2, 0.25) is 0 Å². The fourth-order valence-corrected chi connectivity index (χ4v) is 3.97. The van der Waals surface area contributed by atoms with Crippen molar-refractivity contribution in [2.45, 2.75) is 13.1 Å². The molecule has 0 bridgehead atoms. The number of carbonyl (C=O) groups excluding carboxylic acids is 1. The number of carbonyl (C=O) groups is 1. The first-order valence-corrected chi connectivity index (χ1v) is 10.1. The number of nitrogens with one attached hydrogen (secondary N) is 1. The van der Waals surface area contributed by atoms with Crippen LogP contribution in [0.25, 0.3) is 11.3 Å². The van der Waals surface area contributed by atoms with Crippen molar-refractivity contribution in [1.82, 2.24) is 5.32 Å². The van der Waals surface area contributed by atoms with Gasteiger partial charge >= 0.3 is 0 Å². The van der Waals surface area contributed by atoms with Crippen molar-refractivity contribution >= 4 is 47.4 Å². The first kappa shape index (κ1) is 20.4. The average Bonchev–Trinajstić information content (AvgIpc) is 3.21. The largest absolute Gasteiger partial charge is 0.457 e. The van der Waals surface area contributed by atoms with Crippen LogP contribution in [-0.4, -0.2) is 5.91 Å². The Balaban J connectivity index is 1.81. The molecular formula is C22H15Cl2N3O2S. The molecule has 30 heavy (non-hydrogen) atoms. The van der Waals surface area contributed by atoms with E-state index < -0.39 is 12.1 Å². The Kier molecular flexibility index (Phi) is 5.52. The van der Waals surface area contributed by atoms with Crippen molar-refractivity contribution in [2.24, 2.45) is 0 Å². The highest BCUT2D eigenvalue weighted by atomic mass is 35.5. The highest BCUT2D eigenvalue weighted by Gasteiger charge is 2.36. The number of furan rings is 1. The van der Waals surface area contributed by atoms with Crippen LogP contribution in [0.15, 0.2) is 69.6 Å². The summed E-state index contributed by atoms with van der Waals surface area (Å²) >= 11 is 16.6. The van der Waals surface area contributed by atoms with Crippen molar-refractivity contribution < 1.29 is 9.21 Å². The Bertz CT molecular complexity index is 1230. The molecule has 8 heteroatoms. The summed E-state index contributed by atoms with van der Waals surface area (Å²) in [5, 5.41) is 13.4. The predicted octanol–water partition coefficient (Wildman–Crippen LogP) is 5.86. The van der Waals surface area contributed by atoms with Gasteiger partial charge in [-0.25, -0.2) is 0 Å². The van der Waals surface area contributed by atoms with Gasteiger partial charge in [-0.3, -0.25) is 4.79 Å². The molecule has 0 radical (unpaired) electrons. The van der Waals surface area contributed by atoms with Crippen LogP contribution in [-0.2, 0) is 4.79 Å². The highest BCUT2D eigenvalue weighted by molar-refractivity contribution is 7.84. The normalized spacial score (nSPS) is 16.4. The maximum atomic E-state index is 12.5. The van der Waals surface area contributed by atoms with Crippen molar-refractivity contribution in [2.75, 3.05) is 4.90 Å². The summed E-state index contributed by atoms with van der Waals surface area (Å²) in [5.74, 6) is 0.541. The van der Waals surface area contributed by atoms with E-state index in [1.807, 2.05) is 37.3 Å². The Hall–Kier alpha value is -2.85. The number of anilines is 1. The van der Waals surface area contributed by atoms with E-state index in [0.29, 0.717) is 21.6 Å². The zero-order valence-electron chi connectivity index (χ0n) is 15.7. The van der Waals surface area contributed by atoms with E-state index in [9.17, 15) is 10.1 Å². The molecule has 0 fully saturated rings. The van der Waals surface area contributed by atoms with E-state index in [-0.39, 0.29) is 10.6 Å². The zero-order chi connectivity index (χ0) is 21.4. The van der Waals surface area contributed by atoms with Gasteiger partial charge < -0.3 is 14.6 Å². The van der Waals surface area contributed by atoms with Crippen LogP contribution >= 0.6 is 35.8 Å². The van der Waals surface area contributed by atoms with E-state index in [1.165, 1.54) is 0 Å². The van der Waals surface area contributed by atoms with Gasteiger partial charge in [-0.05, 0) is 48.9 Å². The molecule has 1 N–H and O–H groups in total. The van der Waals surface area contributed by atoms with Crippen LogP contribution in [0.4, 0.5) is 5.69 Å². The summed E-state index contributed by atoms with van der Waals surface area (Å²) in [7, 11) is 0. The summed E-state index contributed by atoms with van der Waals surface area (Å²) in [5.41, 5.74) is 2.44. The van der Waals surface area contributed by atoms with Crippen molar-refractivity contribution in [3.63, 3.8) is 0 Å². The predicted molar refractivity (Wildman–Crippen MR) is 120 cm³/mol. The molecule has 0 saturated heterocycles. The summed E-state index contributed by atoms with van der Waals surface area (Å²) in [6, 6.07) is 18.3. The molecule has 5 nitrogen and oxygen atoms in total. The molecule has 2 aromatic carbocycles. The molecule has 1 aromatic heterocycles. The molecule has 0 aliphatic carbocycles. The molecule has 150 valence electrons. The molecule has 1 aliphatic heterocycles. The fourth-order valence-electron chi connectivity index (χ4n) is 3.30. The van der Waals surface area contributed by atoms with Crippen LogP contribution in [0.5, 0.6) is 0 Å². The number of benzene rings is 2. The number of aryl methyl sites for hydroxylation is 1. The lowest BCUT2D eigenvalue weighted by Gasteiger charge is -2.37. The number of hydrogen-bond donors (Lipinski definition) is 2. The Morgan fingerprint density at radius 3 is 2.60 bits per heavy atom. The van der Waals surface area contributed by atoms with Crippen molar-refractivity contribution in [1.29, 1.82) is 5.26 Å². The van der Waals surface area contributed by atoms with E-state index in [1.54, 1.807) is 35.2 Å². The standard InChI is InChI=1S/C22H15Cl2N3O2S/c1-12-4-2-3-5-17(12)27-20(26-21(28)14(11-25)22(27)30)19-9-8-18(29-19)13-6-7-15(23)16(24)10-13/h2-10,20,30H,1H3,(H,26,28). The highest BCUT2D eigenvalue weighted by Crippen LogP contribution is 2.39. The summed E-state index contributed by atoms with van der Waals surface area (Å²) in [4.78, 5) is 14.3. The third-order valence-electron chi connectivity index (χ3n) is 4.79. The number of rotatable bonds is 3. The number of hydrogen-bond acceptors (Lipinski definition) is 5. The number of nitrogens with zero attached hydrogens (tertiary/aromatic N) is 2. The van der Waals surface area contributed by atoms with Gasteiger partial charge in [0, 0.05) is 11.3 Å². The second kappa shape index (κ2) is 8.11. The van der Waals surface area contributed by atoms with Gasteiger partial charge in [0.25, 0.3) is 5.91 Å².